The fourth-order valence-corrected chi connectivity index (χ4v) is 14.7. The topological polar surface area (TPSA) is 29.3 Å². The van der Waals surface area contributed by atoms with Crippen molar-refractivity contribution in [3.63, 3.8) is 0 Å². The minimum absolute atomic E-state index is 0.0406. The molecule has 6 aliphatic carbocycles. The summed E-state index contributed by atoms with van der Waals surface area (Å²) in [4.78, 5) is 16.2. The molecule has 0 radical (unpaired) electrons. The first-order valence-electron chi connectivity index (χ1n) is 20.3. The average Bonchev–Trinajstić information content (AvgIpc) is 3.88. The molecule has 4 heteroatoms. The lowest BCUT2D eigenvalue weighted by atomic mass is 9.33. The van der Waals surface area contributed by atoms with Crippen molar-refractivity contribution in [2.75, 3.05) is 19.8 Å². The van der Waals surface area contributed by atoms with Crippen molar-refractivity contribution < 1.29 is 13.9 Å². The molecule has 0 aromatic heterocycles. The van der Waals surface area contributed by atoms with Crippen molar-refractivity contribution >= 4 is 5.97 Å². The second kappa shape index (κ2) is 11.9. The lowest BCUT2D eigenvalue weighted by molar-refractivity contribution is -0.224. The van der Waals surface area contributed by atoms with Crippen molar-refractivity contribution in [1.29, 1.82) is 0 Å². The van der Waals surface area contributed by atoms with E-state index in [0.717, 1.165) is 36.2 Å². The Morgan fingerprint density at radius 3 is 2.30 bits per heavy atom. The molecule has 0 amide bonds. The molecule has 4 saturated carbocycles. The number of nitrogens with zero attached hydrogens (tertiary/aromatic N) is 1. The second-order valence-electron chi connectivity index (χ2n) is 19.7. The normalized spacial score (nSPS) is 44.8. The summed E-state index contributed by atoms with van der Waals surface area (Å²) in [6.45, 7) is 22.3. The standard InChI is InChI=1S/C46H64FNO2/c1-31(2)34-17-24-46(48-27-28-48)26-25-43(6)36(39(34)46)13-14-38-42(5)20-18-35(41(3,4)37(42)19-21-44(38,43)7)33-15-22-45(30-47,23-16-33)40(49)50-29-32-11-9-8-10-12-32/h8-12,15,18,34,36-39H,1,13-14,16-17,19-30H2,2-7H3/t34?,36-,37+,38-,39-,42+,43-,44-,45-,46+/m1/s1. The molecule has 50 heavy (non-hydrogen) atoms. The first kappa shape index (κ1) is 34.9. The van der Waals surface area contributed by atoms with Crippen LogP contribution in [0.4, 0.5) is 4.39 Å². The van der Waals surface area contributed by atoms with E-state index in [1.807, 2.05) is 30.3 Å². The third kappa shape index (κ3) is 4.84. The fraction of sp³-hybridized carbons (Fsp3) is 0.717. The number of carbonyl (C=O) groups excluding carboxylic acids is 1. The zero-order valence-electron chi connectivity index (χ0n) is 32.1. The Kier molecular flexibility index (Phi) is 8.30. The monoisotopic (exact) mass is 681 g/mol. The maximum Gasteiger partial charge on any atom is 0.315 e. The minimum Gasteiger partial charge on any atom is -0.460 e. The number of hydrogen-bond acceptors (Lipinski definition) is 3. The molecule has 1 saturated heterocycles. The van der Waals surface area contributed by atoms with Gasteiger partial charge in [0.1, 0.15) is 13.3 Å². The van der Waals surface area contributed by atoms with E-state index in [2.05, 4.69) is 65.2 Å². The van der Waals surface area contributed by atoms with Gasteiger partial charge < -0.3 is 4.74 Å². The summed E-state index contributed by atoms with van der Waals surface area (Å²) in [5, 5.41) is 0. The average molecular weight is 682 g/mol. The Morgan fingerprint density at radius 1 is 0.880 bits per heavy atom. The molecule has 7 aliphatic rings. The van der Waals surface area contributed by atoms with Crippen LogP contribution in [-0.4, -0.2) is 36.2 Å². The summed E-state index contributed by atoms with van der Waals surface area (Å²) in [6, 6.07) is 9.72. The molecule has 1 heterocycles. The van der Waals surface area contributed by atoms with Crippen molar-refractivity contribution in [3.8, 4) is 0 Å². The molecule has 0 N–H and O–H groups in total. The van der Waals surface area contributed by atoms with Gasteiger partial charge in [0.25, 0.3) is 0 Å². The highest BCUT2D eigenvalue weighted by Gasteiger charge is 2.71. The molecule has 0 bridgehead atoms. The van der Waals surface area contributed by atoms with Crippen molar-refractivity contribution in [3.05, 3.63) is 71.3 Å². The number of hydrogen-bond donors (Lipinski definition) is 0. The zero-order valence-corrected chi connectivity index (χ0v) is 32.1. The number of rotatable bonds is 7. The second-order valence-corrected chi connectivity index (χ2v) is 19.7. The lowest BCUT2D eigenvalue weighted by Crippen LogP contribution is -2.67. The van der Waals surface area contributed by atoms with E-state index in [1.54, 1.807) is 0 Å². The van der Waals surface area contributed by atoms with Crippen LogP contribution in [0.15, 0.2) is 65.8 Å². The van der Waals surface area contributed by atoms with Crippen LogP contribution in [0.2, 0.25) is 0 Å². The first-order valence-corrected chi connectivity index (χ1v) is 20.3. The van der Waals surface area contributed by atoms with Gasteiger partial charge >= 0.3 is 5.97 Å². The maximum absolute atomic E-state index is 14.7. The molecule has 1 aromatic rings. The number of carbonyl (C=O) groups is 1. The Balaban J connectivity index is 1.04. The zero-order chi connectivity index (χ0) is 35.3. The molecule has 10 atom stereocenters. The van der Waals surface area contributed by atoms with Gasteiger partial charge in [0.05, 0.1) is 5.41 Å². The minimum atomic E-state index is -1.07. The Labute approximate surface area is 302 Å². The first-order chi connectivity index (χ1) is 23.8. The summed E-state index contributed by atoms with van der Waals surface area (Å²) in [5.74, 6) is 3.23. The number of halogens is 1. The lowest BCUT2D eigenvalue weighted by Gasteiger charge is -2.72. The SMILES string of the molecule is C=C(C)C1CC[C@]2(N3CC3)CC[C@]3(C)[C@H](CC[C@@H]4[C@@]5(C)CC=C(C6=CC[C@@](CF)(C(=O)OCc7ccccc7)CC6)C(C)(C)[C@@H]5CC[C@]43C)[C@@H]12. The number of alkyl halides is 1. The summed E-state index contributed by atoms with van der Waals surface area (Å²) in [7, 11) is 0. The van der Waals surface area contributed by atoms with Crippen molar-refractivity contribution in [2.24, 2.45) is 56.7 Å². The van der Waals surface area contributed by atoms with Crippen LogP contribution in [0.25, 0.3) is 0 Å². The highest BCUT2D eigenvalue weighted by atomic mass is 19.1. The quantitative estimate of drug-likeness (QED) is 0.163. The third-order valence-electron chi connectivity index (χ3n) is 17.5. The van der Waals surface area contributed by atoms with Gasteiger partial charge in [-0.25, -0.2) is 4.39 Å². The molecular weight excluding hydrogens is 618 g/mol. The predicted molar refractivity (Wildman–Crippen MR) is 201 cm³/mol. The molecule has 1 aromatic carbocycles. The van der Waals surface area contributed by atoms with E-state index in [9.17, 15) is 9.18 Å². The summed E-state index contributed by atoms with van der Waals surface area (Å²) in [5.41, 5.74) is 5.62. The predicted octanol–water partition coefficient (Wildman–Crippen LogP) is 11.1. The summed E-state index contributed by atoms with van der Waals surface area (Å²) >= 11 is 0. The van der Waals surface area contributed by atoms with Crippen LogP contribution < -0.4 is 0 Å². The van der Waals surface area contributed by atoms with Gasteiger partial charge in [-0.1, -0.05) is 89.3 Å². The molecule has 0 spiro atoms. The highest BCUT2D eigenvalue weighted by molar-refractivity contribution is 5.78. The van der Waals surface area contributed by atoms with E-state index in [4.69, 9.17) is 4.74 Å². The van der Waals surface area contributed by atoms with Crippen molar-refractivity contribution in [1.82, 2.24) is 4.90 Å². The number of ether oxygens (including phenoxy) is 1. The molecule has 3 nitrogen and oxygen atoms in total. The third-order valence-corrected chi connectivity index (χ3v) is 17.5. The van der Waals surface area contributed by atoms with E-state index >= 15 is 0 Å². The van der Waals surface area contributed by atoms with E-state index in [1.165, 1.54) is 81.2 Å². The molecule has 8 rings (SSSR count). The van der Waals surface area contributed by atoms with Crippen LogP contribution in [-0.2, 0) is 16.1 Å². The van der Waals surface area contributed by atoms with Gasteiger partial charge in [0.2, 0.25) is 0 Å². The highest BCUT2D eigenvalue weighted by Crippen LogP contribution is 2.77. The van der Waals surface area contributed by atoms with E-state index in [0.29, 0.717) is 41.0 Å². The largest absolute Gasteiger partial charge is 0.460 e. The summed E-state index contributed by atoms with van der Waals surface area (Å²) < 4.78 is 20.4. The maximum atomic E-state index is 14.7. The number of allylic oxidation sites excluding steroid dienone is 5. The van der Waals surface area contributed by atoms with E-state index in [-0.39, 0.29) is 23.4 Å². The van der Waals surface area contributed by atoms with Crippen LogP contribution in [0.1, 0.15) is 124 Å². The Morgan fingerprint density at radius 2 is 1.64 bits per heavy atom. The summed E-state index contributed by atoms with van der Waals surface area (Å²) in [6.07, 6.45) is 18.5. The number of esters is 1. The van der Waals surface area contributed by atoms with Gasteiger partial charge in [0.15, 0.2) is 0 Å². The molecule has 1 unspecified atom stereocenters. The van der Waals surface area contributed by atoms with Crippen LogP contribution >= 0.6 is 0 Å². The molecule has 5 fully saturated rings. The Hall–Kier alpha value is -2.20. The smallest absolute Gasteiger partial charge is 0.315 e. The van der Waals surface area contributed by atoms with Gasteiger partial charge in [-0.05, 0) is 152 Å². The van der Waals surface area contributed by atoms with Gasteiger partial charge in [-0.15, -0.1) is 0 Å². The van der Waals surface area contributed by atoms with Crippen LogP contribution in [0.5, 0.6) is 0 Å². The fourth-order valence-electron chi connectivity index (χ4n) is 14.7. The van der Waals surface area contributed by atoms with E-state index < -0.39 is 12.1 Å². The van der Waals surface area contributed by atoms with Crippen molar-refractivity contribution in [2.45, 2.75) is 131 Å². The number of benzene rings is 1. The van der Waals surface area contributed by atoms with Gasteiger partial charge in [-0.3, -0.25) is 9.69 Å². The Bertz CT molecular complexity index is 1590. The molecule has 1 aliphatic heterocycles. The van der Waals surface area contributed by atoms with Gasteiger partial charge in [-0.2, -0.15) is 0 Å². The van der Waals surface area contributed by atoms with Gasteiger partial charge in [0, 0.05) is 18.6 Å². The van der Waals surface area contributed by atoms with Crippen LogP contribution in [0.3, 0.4) is 0 Å². The number of fused-ring (bicyclic) bond motifs is 7. The van der Waals surface area contributed by atoms with Crippen LogP contribution in [0, 0.1) is 56.7 Å². The molecule has 272 valence electrons. The molecular formula is C46H64FNO2.